The second-order valence-corrected chi connectivity index (χ2v) is 11.2. The Morgan fingerprint density at radius 1 is 0.653 bits per heavy atom. The molecular formula is C31H37GdN6O11. The Morgan fingerprint density at radius 3 is 1.45 bits per heavy atom. The molecule has 49 heavy (non-hydrogen) atoms. The fourth-order valence-corrected chi connectivity index (χ4v) is 5.04. The van der Waals surface area contributed by atoms with Crippen molar-refractivity contribution in [3.05, 3.63) is 70.3 Å². The van der Waals surface area contributed by atoms with E-state index in [4.69, 9.17) is 4.74 Å². The molecule has 0 aliphatic carbocycles. The number of carbonyl (C=O) groups is 5. The van der Waals surface area contributed by atoms with Gasteiger partial charge < -0.3 is 39.3 Å². The van der Waals surface area contributed by atoms with Gasteiger partial charge in [-0.1, -0.05) is 30.3 Å². The van der Waals surface area contributed by atoms with Crippen LogP contribution in [0.15, 0.2) is 54.6 Å². The van der Waals surface area contributed by atoms with Crippen LogP contribution in [0, 0.1) is 50.1 Å². The normalized spacial score (nSPS) is 15.5. The van der Waals surface area contributed by atoms with Crippen molar-refractivity contribution in [3.63, 3.8) is 0 Å². The first-order valence-electron chi connectivity index (χ1n) is 15.1. The summed E-state index contributed by atoms with van der Waals surface area (Å²) in [5.74, 6) is -5.21. The number of hydrogen-bond acceptors (Lipinski definition) is 15. The third-order valence-corrected chi connectivity index (χ3v) is 7.51. The van der Waals surface area contributed by atoms with Gasteiger partial charge in [0.05, 0.1) is 29.4 Å². The van der Waals surface area contributed by atoms with E-state index in [9.17, 15) is 49.4 Å². The van der Waals surface area contributed by atoms with Gasteiger partial charge in [0.15, 0.2) is 0 Å². The summed E-state index contributed by atoms with van der Waals surface area (Å²) in [5.41, 5.74) is 0.539. The average molecular weight is 827 g/mol. The number of hydrogen-bond donors (Lipinski definition) is 0. The standard InChI is InChI=1S/C31H40N6O11.Gd/c38-27(36(18-24-4-2-1-3-5-24)23-31(45)48-26-8-6-25(7-9-26)37(46)47)19-32-10-12-33(20-28(39)40)14-16-35(22-30(43)44)17-15-34(13-11-32)21-29(41)42;/h1-9H,10-23H2,(H,39,40)(H,41,42)(H,43,44);/q;+3/p-3. The number of non-ortho nitro benzene ring substituents is 1. The zero-order valence-corrected chi connectivity index (χ0v) is 28.9. The maximum Gasteiger partial charge on any atom is 3.00 e. The Kier molecular flexibility index (Phi) is 18.2. The van der Waals surface area contributed by atoms with Crippen LogP contribution in [-0.2, 0) is 30.5 Å². The van der Waals surface area contributed by atoms with Crippen molar-refractivity contribution in [1.29, 1.82) is 0 Å². The van der Waals surface area contributed by atoms with Crippen LogP contribution in [-0.4, -0.2) is 144 Å². The molecule has 265 valence electrons. The van der Waals surface area contributed by atoms with E-state index in [0.717, 1.165) is 5.56 Å². The fourth-order valence-electron chi connectivity index (χ4n) is 5.04. The van der Waals surface area contributed by atoms with Crippen LogP contribution in [0.2, 0.25) is 0 Å². The van der Waals surface area contributed by atoms with E-state index in [1.54, 1.807) is 45.0 Å². The van der Waals surface area contributed by atoms with Gasteiger partial charge >= 0.3 is 45.9 Å². The molecule has 2 aromatic carbocycles. The predicted octanol–water partition coefficient (Wildman–Crippen LogP) is -4.00. The zero-order chi connectivity index (χ0) is 35.1. The molecule has 0 atom stereocenters. The van der Waals surface area contributed by atoms with Gasteiger partial charge in [0.25, 0.3) is 5.69 Å². The fraction of sp³-hybridized carbons (Fsp3) is 0.452. The first kappa shape index (κ1) is 41.5. The van der Waals surface area contributed by atoms with Crippen molar-refractivity contribution in [2.75, 3.05) is 85.1 Å². The minimum absolute atomic E-state index is 0. The minimum atomic E-state index is -1.34. The summed E-state index contributed by atoms with van der Waals surface area (Å²) < 4.78 is 5.33. The van der Waals surface area contributed by atoms with Crippen LogP contribution in [0.5, 0.6) is 5.75 Å². The van der Waals surface area contributed by atoms with Gasteiger partial charge in [-0.25, -0.2) is 4.79 Å². The number of nitro benzene ring substituents is 1. The molecule has 1 saturated heterocycles. The summed E-state index contributed by atoms with van der Waals surface area (Å²) in [7, 11) is 0. The number of ether oxygens (including phenoxy) is 1. The van der Waals surface area contributed by atoms with Gasteiger partial charge in [0.2, 0.25) is 5.91 Å². The Morgan fingerprint density at radius 2 is 1.06 bits per heavy atom. The van der Waals surface area contributed by atoms with E-state index in [0.29, 0.717) is 0 Å². The molecule has 0 N–H and O–H groups in total. The summed E-state index contributed by atoms with van der Waals surface area (Å²) in [6.07, 6.45) is 0. The molecule has 18 heteroatoms. The van der Waals surface area contributed by atoms with Gasteiger partial charge in [-0.2, -0.15) is 0 Å². The van der Waals surface area contributed by atoms with Crippen LogP contribution in [0.4, 0.5) is 5.69 Å². The average Bonchev–Trinajstić information content (AvgIpc) is 3.02. The van der Waals surface area contributed by atoms with Crippen LogP contribution in [0.1, 0.15) is 5.56 Å². The molecule has 0 bridgehead atoms. The molecule has 3 rings (SSSR count). The smallest absolute Gasteiger partial charge is 0.549 e. The molecule has 0 saturated carbocycles. The first-order chi connectivity index (χ1) is 22.9. The minimum Gasteiger partial charge on any atom is -0.549 e. The summed E-state index contributed by atoms with van der Waals surface area (Å²) in [5, 5.41) is 45.2. The van der Waals surface area contributed by atoms with E-state index in [-0.39, 0.29) is 117 Å². The Labute approximate surface area is 314 Å². The maximum absolute atomic E-state index is 13.8. The van der Waals surface area contributed by atoms with Gasteiger partial charge in [0, 0.05) is 90.7 Å². The van der Waals surface area contributed by atoms with Crippen molar-refractivity contribution in [3.8, 4) is 5.75 Å². The quantitative estimate of drug-likeness (QED) is 0.0767. The Bertz CT molecular complexity index is 1380. The summed E-state index contributed by atoms with van der Waals surface area (Å²) in [6, 6.07) is 13.8. The van der Waals surface area contributed by atoms with E-state index >= 15 is 0 Å². The van der Waals surface area contributed by atoms with Crippen LogP contribution >= 0.6 is 0 Å². The molecule has 1 heterocycles. The molecule has 1 radical (unpaired) electrons. The van der Waals surface area contributed by atoms with E-state index in [1.807, 2.05) is 0 Å². The van der Waals surface area contributed by atoms with Crippen molar-refractivity contribution < 1.29 is 88.9 Å². The largest absolute Gasteiger partial charge is 3.00 e. The number of aliphatic carboxylic acids is 3. The molecule has 1 amide bonds. The van der Waals surface area contributed by atoms with Crippen molar-refractivity contribution in [2.45, 2.75) is 6.54 Å². The molecule has 1 fully saturated rings. The van der Waals surface area contributed by atoms with Crippen LogP contribution < -0.4 is 20.1 Å². The SMILES string of the molecule is O=C([O-])CN1CCN(CC(=O)[O-])CCN(CC(=O)N(CC(=O)Oc2ccc([N+](=O)[O-])cc2)Cc2ccccc2)CCN(CC(=O)[O-])CC1.[Gd+3]. The second kappa shape index (κ2) is 21.4. The van der Waals surface area contributed by atoms with Crippen LogP contribution in [0.25, 0.3) is 0 Å². The molecule has 2 aromatic rings. The number of nitro groups is 1. The van der Waals surface area contributed by atoms with Crippen molar-refractivity contribution in [1.82, 2.24) is 24.5 Å². The zero-order valence-electron chi connectivity index (χ0n) is 26.6. The number of benzene rings is 2. The summed E-state index contributed by atoms with van der Waals surface area (Å²) in [4.78, 5) is 78.9. The Hall–Kier alpha value is -3.65. The van der Waals surface area contributed by atoms with Gasteiger partial charge in [0.1, 0.15) is 12.3 Å². The molecule has 0 unspecified atom stereocenters. The number of rotatable bonds is 14. The molecular weight excluding hydrogens is 790 g/mol. The summed E-state index contributed by atoms with van der Waals surface area (Å²) >= 11 is 0. The molecule has 17 nitrogen and oxygen atoms in total. The first-order valence-corrected chi connectivity index (χ1v) is 15.1. The molecule has 1 aliphatic rings. The third-order valence-electron chi connectivity index (χ3n) is 7.51. The van der Waals surface area contributed by atoms with Gasteiger partial charge in [-0.15, -0.1) is 0 Å². The van der Waals surface area contributed by atoms with Gasteiger partial charge in [-0.05, 0) is 17.7 Å². The predicted molar refractivity (Wildman–Crippen MR) is 161 cm³/mol. The topological polar surface area (TPSA) is 223 Å². The second-order valence-electron chi connectivity index (χ2n) is 11.2. The van der Waals surface area contributed by atoms with E-state index < -0.39 is 60.9 Å². The molecule has 0 aromatic heterocycles. The van der Waals surface area contributed by atoms with Crippen molar-refractivity contribution in [2.24, 2.45) is 0 Å². The number of carboxylic acids is 3. The van der Waals surface area contributed by atoms with Gasteiger partial charge in [-0.3, -0.25) is 34.5 Å². The maximum atomic E-state index is 13.8. The third kappa shape index (κ3) is 16.1. The number of carboxylic acid groups (broad SMARTS) is 3. The monoisotopic (exact) mass is 827 g/mol. The summed E-state index contributed by atoms with van der Waals surface area (Å²) in [6.45, 7) is -0.669. The molecule has 0 spiro atoms. The van der Waals surface area contributed by atoms with E-state index in [2.05, 4.69) is 0 Å². The van der Waals surface area contributed by atoms with E-state index in [1.165, 1.54) is 34.1 Å². The number of esters is 1. The van der Waals surface area contributed by atoms with Crippen molar-refractivity contribution >= 4 is 35.5 Å². The number of carbonyl (C=O) groups excluding carboxylic acids is 5. The molecule has 1 aliphatic heterocycles. The number of nitrogens with zero attached hydrogens (tertiary/aromatic N) is 6. The Balaban J connectivity index is 0.00000833. The number of amides is 1. The van der Waals surface area contributed by atoms with Crippen LogP contribution in [0.3, 0.4) is 0 Å².